The summed E-state index contributed by atoms with van der Waals surface area (Å²) in [5.41, 5.74) is 10.9. The number of benzene rings is 6. The Kier molecular flexibility index (Phi) is 5.07. The van der Waals surface area contributed by atoms with E-state index in [0.717, 1.165) is 21.8 Å². The molecule has 0 spiro atoms. The molecule has 0 saturated carbocycles. The summed E-state index contributed by atoms with van der Waals surface area (Å²) in [6, 6.07) is 33.6. The first-order valence-electron chi connectivity index (χ1n) is 13.7. The summed E-state index contributed by atoms with van der Waals surface area (Å²) in [7, 11) is 0. The Labute approximate surface area is 236 Å². The minimum atomic E-state index is 0.954. The van der Waals surface area contributed by atoms with E-state index in [1.54, 1.807) is 12.4 Å². The zero-order chi connectivity index (χ0) is 27.0. The van der Waals surface area contributed by atoms with Gasteiger partial charge in [-0.25, -0.2) is 0 Å². The topological polar surface area (TPSA) is 25.8 Å². The van der Waals surface area contributed by atoms with E-state index in [2.05, 4.69) is 117 Å². The van der Waals surface area contributed by atoms with Crippen LogP contribution in [0.1, 0.15) is 16.7 Å². The second-order valence-electron chi connectivity index (χ2n) is 10.9. The molecule has 0 radical (unpaired) electrons. The van der Waals surface area contributed by atoms with E-state index in [-0.39, 0.29) is 0 Å². The Morgan fingerprint density at radius 1 is 0.450 bits per heavy atom. The lowest BCUT2D eigenvalue weighted by atomic mass is 9.94. The Morgan fingerprint density at radius 2 is 1.00 bits per heavy atom. The van der Waals surface area contributed by atoms with Crippen molar-refractivity contribution in [2.24, 2.45) is 0 Å². The summed E-state index contributed by atoms with van der Waals surface area (Å²) in [5.74, 6) is 0. The van der Waals surface area contributed by atoms with Crippen LogP contribution in [0.25, 0.3) is 75.0 Å². The van der Waals surface area contributed by atoms with Crippen molar-refractivity contribution in [3.05, 3.63) is 120 Å². The van der Waals surface area contributed by atoms with Crippen molar-refractivity contribution in [2.45, 2.75) is 20.8 Å². The average molecular weight is 531 g/mol. The smallest absolute Gasteiger partial charge is 0.0971 e. The molecule has 8 rings (SSSR count). The number of thiophene rings is 1. The van der Waals surface area contributed by atoms with Gasteiger partial charge in [0, 0.05) is 43.3 Å². The van der Waals surface area contributed by atoms with Gasteiger partial charge in [-0.2, -0.15) is 0 Å². The van der Waals surface area contributed by atoms with Crippen LogP contribution in [0.4, 0.5) is 0 Å². The van der Waals surface area contributed by atoms with E-state index in [1.165, 1.54) is 69.9 Å². The monoisotopic (exact) mass is 530 g/mol. The normalized spacial score (nSPS) is 11.9. The summed E-state index contributed by atoms with van der Waals surface area (Å²) < 4.78 is 2.79. The molecule has 0 unspecified atom stereocenters. The largest absolute Gasteiger partial charge is 0.252 e. The van der Waals surface area contributed by atoms with E-state index < -0.39 is 0 Å². The molecule has 8 aromatic rings. The van der Waals surface area contributed by atoms with Crippen molar-refractivity contribution >= 4 is 64.1 Å². The summed E-state index contributed by atoms with van der Waals surface area (Å²) in [5, 5.41) is 7.44. The van der Waals surface area contributed by atoms with Crippen molar-refractivity contribution in [3.63, 3.8) is 0 Å². The van der Waals surface area contributed by atoms with Gasteiger partial charge in [-0.3, -0.25) is 9.97 Å². The lowest BCUT2D eigenvalue weighted by Crippen LogP contribution is -1.89. The van der Waals surface area contributed by atoms with Crippen LogP contribution in [-0.4, -0.2) is 9.97 Å². The van der Waals surface area contributed by atoms with Gasteiger partial charge in [0.25, 0.3) is 0 Å². The van der Waals surface area contributed by atoms with E-state index in [1.807, 2.05) is 11.3 Å². The van der Waals surface area contributed by atoms with E-state index in [9.17, 15) is 0 Å². The van der Waals surface area contributed by atoms with Gasteiger partial charge in [-0.15, -0.1) is 11.3 Å². The number of fused-ring (bicyclic) bond motifs is 9. The first kappa shape index (κ1) is 23.3. The molecule has 40 heavy (non-hydrogen) atoms. The second kappa shape index (κ2) is 8.70. The van der Waals surface area contributed by atoms with Crippen LogP contribution < -0.4 is 0 Å². The standard InChI is InChI=1S/C37H26N2S/c1-21-16-22(2)36-32(17-21)33-20-27(18-23(3)37(33)40-36)25-10-8-24(9-11-25)26-12-13-30-31(19-26)28-6-4-5-7-29(28)34-35(30)39-15-14-38-34/h4-20H,1-3H3. The van der Waals surface area contributed by atoms with Crippen LogP contribution in [0.5, 0.6) is 0 Å². The number of rotatable bonds is 2. The third kappa shape index (κ3) is 3.48. The minimum Gasteiger partial charge on any atom is -0.252 e. The van der Waals surface area contributed by atoms with Crippen molar-refractivity contribution in [3.8, 4) is 22.3 Å². The lowest BCUT2D eigenvalue weighted by molar-refractivity contribution is 1.31. The number of hydrogen-bond donors (Lipinski definition) is 0. The van der Waals surface area contributed by atoms with Crippen LogP contribution >= 0.6 is 11.3 Å². The molecule has 2 aromatic heterocycles. The Morgan fingerprint density at radius 3 is 1.73 bits per heavy atom. The van der Waals surface area contributed by atoms with Gasteiger partial charge in [0.1, 0.15) is 0 Å². The second-order valence-corrected chi connectivity index (χ2v) is 11.9. The summed E-state index contributed by atoms with van der Waals surface area (Å²) in [4.78, 5) is 9.36. The highest BCUT2D eigenvalue weighted by Gasteiger charge is 2.14. The molecule has 0 aliphatic rings. The highest BCUT2D eigenvalue weighted by Crippen LogP contribution is 2.41. The number of aromatic nitrogens is 2. The molecule has 0 N–H and O–H groups in total. The first-order chi connectivity index (χ1) is 19.5. The molecular formula is C37H26N2S. The van der Waals surface area contributed by atoms with Crippen LogP contribution in [0, 0.1) is 20.8 Å². The van der Waals surface area contributed by atoms with Crippen molar-refractivity contribution in [1.82, 2.24) is 9.97 Å². The summed E-state index contributed by atoms with van der Waals surface area (Å²) >= 11 is 1.92. The number of aryl methyl sites for hydroxylation is 3. The molecule has 190 valence electrons. The quantitative estimate of drug-likeness (QED) is 0.208. The molecule has 6 aromatic carbocycles. The van der Waals surface area contributed by atoms with Gasteiger partial charge in [0.2, 0.25) is 0 Å². The zero-order valence-corrected chi connectivity index (χ0v) is 23.4. The predicted octanol–water partition coefficient (Wildman–Crippen LogP) is 10.6. The van der Waals surface area contributed by atoms with Crippen LogP contribution in [-0.2, 0) is 0 Å². The maximum Gasteiger partial charge on any atom is 0.0971 e. The lowest BCUT2D eigenvalue weighted by Gasteiger charge is -2.11. The van der Waals surface area contributed by atoms with Crippen LogP contribution in [0.3, 0.4) is 0 Å². The highest BCUT2D eigenvalue weighted by atomic mass is 32.1. The highest BCUT2D eigenvalue weighted by molar-refractivity contribution is 7.26. The van der Waals surface area contributed by atoms with Gasteiger partial charge < -0.3 is 0 Å². The van der Waals surface area contributed by atoms with E-state index in [0.29, 0.717) is 0 Å². The fourth-order valence-electron chi connectivity index (χ4n) is 6.33. The van der Waals surface area contributed by atoms with Crippen LogP contribution in [0.2, 0.25) is 0 Å². The van der Waals surface area contributed by atoms with Crippen molar-refractivity contribution < 1.29 is 0 Å². The van der Waals surface area contributed by atoms with Gasteiger partial charge in [0.15, 0.2) is 0 Å². The maximum absolute atomic E-state index is 4.70. The minimum absolute atomic E-state index is 0.954. The fraction of sp³-hybridized carbons (Fsp3) is 0.0811. The van der Waals surface area contributed by atoms with Gasteiger partial charge in [-0.05, 0) is 89.2 Å². The molecule has 0 aliphatic heterocycles. The molecule has 2 heterocycles. The molecule has 0 atom stereocenters. The van der Waals surface area contributed by atoms with Crippen molar-refractivity contribution in [2.75, 3.05) is 0 Å². The van der Waals surface area contributed by atoms with Crippen LogP contribution in [0.15, 0.2) is 103 Å². The third-order valence-electron chi connectivity index (χ3n) is 8.18. The summed E-state index contributed by atoms with van der Waals surface area (Å²) in [6.45, 7) is 6.66. The Hall–Kier alpha value is -4.60. The molecule has 0 aliphatic carbocycles. The zero-order valence-electron chi connectivity index (χ0n) is 22.6. The van der Waals surface area contributed by atoms with E-state index in [4.69, 9.17) is 4.98 Å². The van der Waals surface area contributed by atoms with Crippen molar-refractivity contribution in [1.29, 1.82) is 0 Å². The average Bonchev–Trinajstić information content (AvgIpc) is 3.37. The van der Waals surface area contributed by atoms with Gasteiger partial charge >= 0.3 is 0 Å². The molecule has 3 heteroatoms. The third-order valence-corrected chi connectivity index (χ3v) is 9.68. The Bertz CT molecular complexity index is 2260. The maximum atomic E-state index is 4.70. The summed E-state index contributed by atoms with van der Waals surface area (Å²) in [6.07, 6.45) is 3.56. The van der Waals surface area contributed by atoms with Gasteiger partial charge in [0.05, 0.1) is 11.0 Å². The first-order valence-corrected chi connectivity index (χ1v) is 14.5. The predicted molar refractivity (Wildman–Crippen MR) is 173 cm³/mol. The fourth-order valence-corrected chi connectivity index (χ4v) is 7.53. The SMILES string of the molecule is Cc1cc(C)c2sc3c(C)cc(-c4ccc(-c5ccc6c(c5)c5ccccc5c5nccnc65)cc4)cc3c2c1. The molecule has 0 fully saturated rings. The molecular weight excluding hydrogens is 504 g/mol. The molecule has 0 amide bonds. The van der Waals surface area contributed by atoms with Gasteiger partial charge in [-0.1, -0.05) is 72.3 Å². The number of nitrogens with zero attached hydrogens (tertiary/aromatic N) is 2. The van der Waals surface area contributed by atoms with E-state index >= 15 is 0 Å². The molecule has 0 bridgehead atoms. The Balaban J connectivity index is 1.25. The molecule has 2 nitrogen and oxygen atoms in total. The number of hydrogen-bond acceptors (Lipinski definition) is 3. The molecule has 0 saturated heterocycles.